The van der Waals surface area contributed by atoms with Crippen molar-refractivity contribution >= 4 is 37.5 Å². The molecule has 0 saturated heterocycles. The Kier molecular flexibility index (Phi) is 1.70. The molecule has 2 aromatic carbocycles. The zero-order chi connectivity index (χ0) is 10.4. The molecule has 3 heteroatoms. The van der Waals surface area contributed by atoms with Gasteiger partial charge in [-0.1, -0.05) is 41.2 Å². The Balaban J connectivity index is 2.53. The molecule has 0 atom stereocenters. The number of fused-ring (bicyclic) bond motifs is 3. The smallest absolute Gasteiger partial charge is 0.181 e. The Morgan fingerprint density at radius 1 is 1.20 bits per heavy atom. The van der Waals surface area contributed by atoms with E-state index >= 15 is 0 Å². The summed E-state index contributed by atoms with van der Waals surface area (Å²) < 4.78 is 1.16. The lowest BCUT2D eigenvalue weighted by Crippen LogP contribution is -1.81. The molecule has 0 unspecified atom stereocenters. The van der Waals surface area contributed by atoms with E-state index in [-0.39, 0.29) is 0 Å². The minimum Gasteiger partial charge on any atom is -0.375 e. The van der Waals surface area contributed by atoms with Gasteiger partial charge in [0.2, 0.25) is 0 Å². The van der Waals surface area contributed by atoms with Crippen LogP contribution >= 0.6 is 11.3 Å². The molecular formula is C12H10N2S. The highest BCUT2D eigenvalue weighted by molar-refractivity contribution is 7.22. The molecule has 0 fully saturated rings. The topological polar surface area (TPSA) is 38.9 Å². The Bertz CT molecular complexity index is 655. The quantitative estimate of drug-likeness (QED) is 0.623. The SMILES string of the molecule is Cc1ccc2c(ccc3sc(N)nc32)c1. The molecule has 2 N–H and O–H groups in total. The summed E-state index contributed by atoms with van der Waals surface area (Å²) in [6, 6.07) is 10.6. The molecule has 0 aliphatic rings. The molecule has 0 aliphatic heterocycles. The minimum absolute atomic E-state index is 0.637. The van der Waals surface area contributed by atoms with Crippen molar-refractivity contribution in [2.75, 3.05) is 5.73 Å². The zero-order valence-corrected chi connectivity index (χ0v) is 9.14. The number of hydrogen-bond acceptors (Lipinski definition) is 3. The third kappa shape index (κ3) is 1.27. The summed E-state index contributed by atoms with van der Waals surface area (Å²) in [6.07, 6.45) is 0. The van der Waals surface area contributed by atoms with Crippen LogP contribution in [0.4, 0.5) is 5.13 Å². The maximum atomic E-state index is 5.72. The number of aromatic nitrogens is 1. The predicted molar refractivity (Wildman–Crippen MR) is 66.3 cm³/mol. The molecular weight excluding hydrogens is 204 g/mol. The van der Waals surface area contributed by atoms with Gasteiger partial charge in [-0.3, -0.25) is 0 Å². The van der Waals surface area contributed by atoms with Crippen molar-refractivity contribution in [3.8, 4) is 0 Å². The second-order valence-corrected chi connectivity index (χ2v) is 4.75. The second-order valence-electron chi connectivity index (χ2n) is 3.69. The Labute approximate surface area is 91.4 Å². The van der Waals surface area contributed by atoms with E-state index in [4.69, 9.17) is 5.73 Å². The first kappa shape index (κ1) is 8.68. The number of anilines is 1. The molecule has 0 radical (unpaired) electrons. The number of benzene rings is 2. The van der Waals surface area contributed by atoms with Gasteiger partial charge in [0.05, 0.1) is 10.2 Å². The van der Waals surface area contributed by atoms with Crippen molar-refractivity contribution in [2.45, 2.75) is 6.92 Å². The van der Waals surface area contributed by atoms with E-state index in [0.717, 1.165) is 10.2 Å². The van der Waals surface area contributed by atoms with E-state index < -0.39 is 0 Å². The monoisotopic (exact) mass is 214 g/mol. The number of nitrogens with zero attached hydrogens (tertiary/aromatic N) is 1. The Morgan fingerprint density at radius 2 is 2.07 bits per heavy atom. The van der Waals surface area contributed by atoms with Gasteiger partial charge in [0.1, 0.15) is 0 Å². The second kappa shape index (κ2) is 2.94. The lowest BCUT2D eigenvalue weighted by Gasteiger charge is -1.99. The van der Waals surface area contributed by atoms with Crippen LogP contribution in [0.15, 0.2) is 30.3 Å². The zero-order valence-electron chi connectivity index (χ0n) is 8.32. The largest absolute Gasteiger partial charge is 0.375 e. The van der Waals surface area contributed by atoms with Gasteiger partial charge in [0.15, 0.2) is 5.13 Å². The molecule has 1 heterocycles. The molecule has 0 saturated carbocycles. The first-order valence-electron chi connectivity index (χ1n) is 4.79. The fourth-order valence-electron chi connectivity index (χ4n) is 1.86. The normalized spacial score (nSPS) is 11.3. The highest BCUT2D eigenvalue weighted by Gasteiger charge is 2.05. The number of rotatable bonds is 0. The number of hydrogen-bond donors (Lipinski definition) is 1. The van der Waals surface area contributed by atoms with Crippen LogP contribution in [-0.4, -0.2) is 4.98 Å². The molecule has 0 spiro atoms. The summed E-state index contributed by atoms with van der Waals surface area (Å²) in [7, 11) is 0. The first-order valence-corrected chi connectivity index (χ1v) is 5.61. The average molecular weight is 214 g/mol. The molecule has 0 bridgehead atoms. The lowest BCUT2D eigenvalue weighted by molar-refractivity contribution is 1.49. The molecule has 2 nitrogen and oxygen atoms in total. The summed E-state index contributed by atoms with van der Waals surface area (Å²) in [6.45, 7) is 2.10. The summed E-state index contributed by atoms with van der Waals surface area (Å²) in [4.78, 5) is 4.37. The van der Waals surface area contributed by atoms with Crippen LogP contribution in [0, 0.1) is 6.92 Å². The third-order valence-corrected chi connectivity index (χ3v) is 3.40. The van der Waals surface area contributed by atoms with E-state index in [1.165, 1.54) is 27.7 Å². The van der Waals surface area contributed by atoms with Crippen molar-refractivity contribution in [3.05, 3.63) is 35.9 Å². The standard InChI is InChI=1S/C12H10N2S/c1-7-2-4-9-8(6-7)3-5-10-11(9)14-12(13)15-10/h2-6H,1H3,(H2,13,14). The number of nitrogens with two attached hydrogens (primary N) is 1. The molecule has 0 aliphatic carbocycles. The van der Waals surface area contributed by atoms with E-state index in [9.17, 15) is 0 Å². The Hall–Kier alpha value is -1.61. The van der Waals surface area contributed by atoms with Crippen LogP contribution in [0.5, 0.6) is 0 Å². The maximum absolute atomic E-state index is 5.72. The Morgan fingerprint density at radius 3 is 2.93 bits per heavy atom. The predicted octanol–water partition coefficient (Wildman–Crippen LogP) is 3.34. The number of aryl methyl sites for hydroxylation is 1. The molecule has 3 rings (SSSR count). The lowest BCUT2D eigenvalue weighted by atomic mass is 10.1. The van der Waals surface area contributed by atoms with Crippen molar-refractivity contribution < 1.29 is 0 Å². The summed E-state index contributed by atoms with van der Waals surface area (Å²) >= 11 is 1.54. The van der Waals surface area contributed by atoms with Gasteiger partial charge in [0, 0.05) is 5.39 Å². The van der Waals surface area contributed by atoms with Crippen LogP contribution in [0.1, 0.15) is 5.56 Å². The van der Waals surface area contributed by atoms with Crippen LogP contribution in [0.2, 0.25) is 0 Å². The fraction of sp³-hybridized carbons (Fsp3) is 0.0833. The molecule has 1 aromatic heterocycles. The fourth-order valence-corrected chi connectivity index (χ4v) is 2.61. The van der Waals surface area contributed by atoms with Gasteiger partial charge in [-0.05, 0) is 18.4 Å². The molecule has 74 valence electrons. The van der Waals surface area contributed by atoms with Gasteiger partial charge in [-0.2, -0.15) is 0 Å². The highest BCUT2D eigenvalue weighted by atomic mass is 32.1. The van der Waals surface area contributed by atoms with Crippen LogP contribution in [0.25, 0.3) is 21.0 Å². The van der Waals surface area contributed by atoms with Crippen molar-refractivity contribution in [1.82, 2.24) is 4.98 Å². The van der Waals surface area contributed by atoms with Gasteiger partial charge in [-0.15, -0.1) is 0 Å². The number of thiazole rings is 1. The van der Waals surface area contributed by atoms with E-state index in [1.54, 1.807) is 0 Å². The molecule has 0 amide bonds. The molecule has 3 aromatic rings. The van der Waals surface area contributed by atoms with E-state index in [2.05, 4.69) is 42.2 Å². The van der Waals surface area contributed by atoms with Crippen molar-refractivity contribution in [3.63, 3.8) is 0 Å². The van der Waals surface area contributed by atoms with Crippen LogP contribution < -0.4 is 5.73 Å². The summed E-state index contributed by atoms with van der Waals surface area (Å²) in [5.41, 5.74) is 8.01. The minimum atomic E-state index is 0.637. The van der Waals surface area contributed by atoms with Gasteiger partial charge in [-0.25, -0.2) is 4.98 Å². The van der Waals surface area contributed by atoms with Gasteiger partial charge in [0.25, 0.3) is 0 Å². The summed E-state index contributed by atoms with van der Waals surface area (Å²) in [5.74, 6) is 0. The number of nitrogen functional groups attached to an aromatic ring is 1. The van der Waals surface area contributed by atoms with Crippen molar-refractivity contribution in [2.24, 2.45) is 0 Å². The maximum Gasteiger partial charge on any atom is 0.181 e. The van der Waals surface area contributed by atoms with Gasteiger partial charge < -0.3 is 5.73 Å². The first-order chi connectivity index (χ1) is 7.24. The van der Waals surface area contributed by atoms with Gasteiger partial charge >= 0.3 is 0 Å². The average Bonchev–Trinajstić information content (AvgIpc) is 2.58. The van der Waals surface area contributed by atoms with Crippen LogP contribution in [-0.2, 0) is 0 Å². The highest BCUT2D eigenvalue weighted by Crippen LogP contribution is 2.30. The van der Waals surface area contributed by atoms with E-state index in [0.29, 0.717) is 5.13 Å². The molecule has 15 heavy (non-hydrogen) atoms. The van der Waals surface area contributed by atoms with Crippen LogP contribution in [0.3, 0.4) is 0 Å². The summed E-state index contributed by atoms with van der Waals surface area (Å²) in [5, 5.41) is 3.05. The van der Waals surface area contributed by atoms with Crippen molar-refractivity contribution in [1.29, 1.82) is 0 Å². The van der Waals surface area contributed by atoms with E-state index in [1.807, 2.05) is 0 Å². The third-order valence-electron chi connectivity index (χ3n) is 2.55.